The zero-order valence-corrected chi connectivity index (χ0v) is 15.4. The van der Waals surface area contributed by atoms with Crippen molar-refractivity contribution < 1.29 is 9.53 Å². The summed E-state index contributed by atoms with van der Waals surface area (Å²) in [5, 5.41) is 4.87. The van der Waals surface area contributed by atoms with E-state index >= 15 is 0 Å². The lowest BCUT2D eigenvalue weighted by molar-refractivity contribution is 0.0958. The Morgan fingerprint density at radius 1 is 1.15 bits per heavy atom. The molecular weight excluding hydrogens is 346 g/mol. The molecule has 0 aliphatic carbocycles. The van der Waals surface area contributed by atoms with E-state index in [0.29, 0.717) is 11.5 Å². The molecule has 1 amide bonds. The van der Waals surface area contributed by atoms with Crippen molar-refractivity contribution in [3.63, 3.8) is 0 Å². The maximum absolute atomic E-state index is 12.1. The number of hydrazone groups is 1. The van der Waals surface area contributed by atoms with Crippen molar-refractivity contribution >= 4 is 23.5 Å². The predicted molar refractivity (Wildman–Crippen MR) is 104 cm³/mol. The van der Waals surface area contributed by atoms with Gasteiger partial charge in [0.25, 0.3) is 5.91 Å². The maximum Gasteiger partial charge on any atom is 0.283 e. The third kappa shape index (κ3) is 4.77. The van der Waals surface area contributed by atoms with Crippen LogP contribution in [0.15, 0.2) is 59.7 Å². The number of hydrogen-bond donors (Lipinski definition) is 1. The highest BCUT2D eigenvalue weighted by Gasteiger charge is 2.12. The van der Waals surface area contributed by atoms with Gasteiger partial charge >= 0.3 is 0 Å². The second-order valence-electron chi connectivity index (χ2n) is 5.69. The van der Waals surface area contributed by atoms with Crippen LogP contribution in [0.1, 0.15) is 31.5 Å². The minimum atomic E-state index is -0.243. The molecule has 2 aromatic carbocycles. The summed E-state index contributed by atoms with van der Waals surface area (Å²) < 4.78 is 5.74. The first-order valence-electron chi connectivity index (χ1n) is 8.16. The molecular formula is C20H19N3O2S. The summed E-state index contributed by atoms with van der Waals surface area (Å²) in [6.07, 6.45) is 1.60. The number of benzene rings is 2. The normalized spacial score (nSPS) is 10.8. The zero-order chi connectivity index (χ0) is 18.4. The van der Waals surface area contributed by atoms with Gasteiger partial charge in [-0.2, -0.15) is 5.10 Å². The van der Waals surface area contributed by atoms with Crippen LogP contribution < -0.4 is 10.2 Å². The van der Waals surface area contributed by atoms with Gasteiger partial charge in [-0.3, -0.25) is 4.79 Å². The van der Waals surface area contributed by atoms with Crippen molar-refractivity contribution in [2.24, 2.45) is 5.10 Å². The number of carbonyl (C=O) groups excluding carboxylic acids is 1. The summed E-state index contributed by atoms with van der Waals surface area (Å²) >= 11 is 1.36. The molecule has 1 aromatic heterocycles. The van der Waals surface area contributed by atoms with Crippen molar-refractivity contribution in [2.45, 2.75) is 20.5 Å². The van der Waals surface area contributed by atoms with Crippen molar-refractivity contribution in [2.75, 3.05) is 0 Å². The van der Waals surface area contributed by atoms with Crippen LogP contribution in [-0.2, 0) is 6.61 Å². The van der Waals surface area contributed by atoms with Crippen molar-refractivity contribution in [3.05, 3.63) is 81.3 Å². The highest BCUT2D eigenvalue weighted by molar-refractivity contribution is 7.13. The second-order valence-corrected chi connectivity index (χ2v) is 6.89. The predicted octanol–water partition coefficient (Wildman–Crippen LogP) is 4.10. The van der Waals surface area contributed by atoms with Crippen LogP contribution in [0.3, 0.4) is 0 Å². The Hall–Kier alpha value is -2.99. The highest BCUT2D eigenvalue weighted by atomic mass is 32.1. The van der Waals surface area contributed by atoms with E-state index in [2.05, 4.69) is 15.5 Å². The average Bonchev–Trinajstić information content (AvgIpc) is 3.00. The summed E-state index contributed by atoms with van der Waals surface area (Å²) in [6, 6.07) is 17.5. The topological polar surface area (TPSA) is 63.6 Å². The highest BCUT2D eigenvalue weighted by Crippen LogP contribution is 2.17. The first-order valence-corrected chi connectivity index (χ1v) is 8.97. The van der Waals surface area contributed by atoms with E-state index < -0.39 is 0 Å². The molecule has 3 aromatic rings. The Balaban J connectivity index is 1.53. The monoisotopic (exact) mass is 365 g/mol. The fraction of sp³-hybridized carbons (Fsp3) is 0.150. The number of aryl methyl sites for hydroxylation is 2. The largest absolute Gasteiger partial charge is 0.489 e. The van der Waals surface area contributed by atoms with Gasteiger partial charge in [-0.05, 0) is 49.2 Å². The fourth-order valence-electron chi connectivity index (χ4n) is 2.35. The third-order valence-electron chi connectivity index (χ3n) is 3.62. The molecule has 5 nitrogen and oxygen atoms in total. The van der Waals surface area contributed by atoms with Gasteiger partial charge in [-0.1, -0.05) is 30.3 Å². The Morgan fingerprint density at radius 3 is 2.54 bits per heavy atom. The van der Waals surface area contributed by atoms with Gasteiger partial charge < -0.3 is 4.74 Å². The molecule has 0 radical (unpaired) electrons. The average molecular weight is 365 g/mol. The van der Waals surface area contributed by atoms with Gasteiger partial charge in [0.1, 0.15) is 17.2 Å². The van der Waals surface area contributed by atoms with Crippen LogP contribution in [0.5, 0.6) is 5.75 Å². The molecule has 0 spiro atoms. The summed E-state index contributed by atoms with van der Waals surface area (Å²) in [5.74, 6) is 0.540. The van der Waals surface area contributed by atoms with E-state index in [1.165, 1.54) is 11.3 Å². The summed E-state index contributed by atoms with van der Waals surface area (Å²) in [7, 11) is 0. The van der Waals surface area contributed by atoms with Crippen molar-refractivity contribution in [3.8, 4) is 5.75 Å². The molecule has 6 heteroatoms. The molecule has 0 bridgehead atoms. The van der Waals surface area contributed by atoms with Crippen LogP contribution in [0, 0.1) is 13.8 Å². The number of nitrogens with zero attached hydrogens (tertiary/aromatic N) is 2. The Morgan fingerprint density at radius 2 is 1.88 bits per heavy atom. The van der Waals surface area contributed by atoms with Crippen LogP contribution in [0.4, 0.5) is 0 Å². The van der Waals surface area contributed by atoms with E-state index in [4.69, 9.17) is 4.74 Å². The number of ether oxygens (including phenoxy) is 1. The maximum atomic E-state index is 12.1. The molecule has 1 N–H and O–H groups in total. The van der Waals surface area contributed by atoms with Crippen molar-refractivity contribution in [1.29, 1.82) is 0 Å². The molecule has 132 valence electrons. The SMILES string of the molecule is Cc1nc(C)c(C(=O)N/N=C/c2ccc(OCc3ccccc3)cc2)s1. The summed E-state index contributed by atoms with van der Waals surface area (Å²) in [6.45, 7) is 4.22. The van der Waals surface area contributed by atoms with E-state index in [9.17, 15) is 4.79 Å². The van der Waals surface area contributed by atoms with Crippen LogP contribution in [0.25, 0.3) is 0 Å². The Bertz CT molecular complexity index is 903. The molecule has 0 atom stereocenters. The zero-order valence-electron chi connectivity index (χ0n) is 14.6. The first kappa shape index (κ1) is 17.8. The van der Waals surface area contributed by atoms with E-state index in [1.54, 1.807) is 6.21 Å². The lowest BCUT2D eigenvalue weighted by atomic mass is 10.2. The number of hydrogen-bond acceptors (Lipinski definition) is 5. The molecule has 3 rings (SSSR count). The van der Waals surface area contributed by atoms with Gasteiger partial charge in [0.15, 0.2) is 0 Å². The molecule has 0 fully saturated rings. The van der Waals surface area contributed by atoms with E-state index in [1.807, 2.05) is 68.4 Å². The molecule has 26 heavy (non-hydrogen) atoms. The molecule has 0 aliphatic heterocycles. The lowest BCUT2D eigenvalue weighted by Crippen LogP contribution is -2.17. The van der Waals surface area contributed by atoms with Gasteiger partial charge in [-0.25, -0.2) is 10.4 Å². The fourth-order valence-corrected chi connectivity index (χ4v) is 3.16. The van der Waals surface area contributed by atoms with Gasteiger partial charge in [0.2, 0.25) is 0 Å². The standard InChI is InChI=1S/C20H19N3O2S/c1-14-19(26-15(2)22-14)20(24)23-21-12-16-8-10-18(11-9-16)25-13-17-6-4-3-5-7-17/h3-12H,13H2,1-2H3,(H,23,24)/b21-12+. The molecule has 0 unspecified atom stereocenters. The third-order valence-corrected chi connectivity index (χ3v) is 4.69. The molecule has 0 aliphatic rings. The lowest BCUT2D eigenvalue weighted by Gasteiger charge is -2.06. The smallest absolute Gasteiger partial charge is 0.283 e. The summed E-state index contributed by atoms with van der Waals surface area (Å²) in [4.78, 5) is 16.9. The minimum Gasteiger partial charge on any atom is -0.489 e. The Labute approximate surface area is 156 Å². The second kappa shape index (κ2) is 8.40. The van der Waals surface area contributed by atoms with Crippen LogP contribution in [0.2, 0.25) is 0 Å². The van der Waals surface area contributed by atoms with Gasteiger partial charge in [0, 0.05) is 0 Å². The summed E-state index contributed by atoms with van der Waals surface area (Å²) in [5.41, 5.74) is 5.24. The molecule has 1 heterocycles. The quantitative estimate of drug-likeness (QED) is 0.528. The van der Waals surface area contributed by atoms with E-state index in [-0.39, 0.29) is 5.91 Å². The van der Waals surface area contributed by atoms with Crippen molar-refractivity contribution in [1.82, 2.24) is 10.4 Å². The molecule has 0 saturated heterocycles. The van der Waals surface area contributed by atoms with E-state index in [0.717, 1.165) is 27.6 Å². The van der Waals surface area contributed by atoms with Crippen LogP contribution in [-0.4, -0.2) is 17.1 Å². The first-order chi connectivity index (χ1) is 12.6. The minimum absolute atomic E-state index is 0.243. The van der Waals surface area contributed by atoms with Gasteiger partial charge in [0.05, 0.1) is 16.9 Å². The number of thiazole rings is 1. The Kier molecular flexibility index (Phi) is 5.76. The number of rotatable bonds is 6. The van der Waals surface area contributed by atoms with Gasteiger partial charge in [-0.15, -0.1) is 11.3 Å². The number of aromatic nitrogens is 1. The van der Waals surface area contributed by atoms with Crippen LogP contribution >= 0.6 is 11.3 Å². The number of amides is 1. The molecule has 0 saturated carbocycles. The number of carbonyl (C=O) groups is 1. The number of nitrogens with one attached hydrogen (secondary N) is 1.